The smallest absolute Gasteiger partial charge is 0.303 e. The highest BCUT2D eigenvalue weighted by atomic mass is 16.9. The maximum absolute atomic E-state index is 8.64. The van der Waals surface area contributed by atoms with Crippen molar-refractivity contribution in [2.24, 2.45) is 0 Å². The van der Waals surface area contributed by atoms with Crippen LogP contribution in [0.15, 0.2) is 50.6 Å². The number of aliphatic hydroxyl groups is 4. The zero-order chi connectivity index (χ0) is 12.5. The van der Waals surface area contributed by atoms with Gasteiger partial charge in [0.05, 0.1) is 0 Å². The van der Waals surface area contributed by atoms with E-state index in [2.05, 4.69) is 31.1 Å². The average Bonchev–Trinajstić information content (AvgIpc) is 2.17. The lowest BCUT2D eigenvalue weighted by molar-refractivity contribution is -0.433. The molecule has 0 fully saturated rings. The van der Waals surface area contributed by atoms with E-state index in [1.54, 1.807) is 12.2 Å². The molecule has 0 aromatic carbocycles. The second kappa shape index (κ2) is 7.10. The molecule has 0 saturated carbocycles. The van der Waals surface area contributed by atoms with Gasteiger partial charge >= 0.3 is 11.9 Å². The van der Waals surface area contributed by atoms with Crippen molar-refractivity contribution in [2.45, 2.75) is 11.9 Å². The zero-order valence-corrected chi connectivity index (χ0v) is 8.33. The van der Waals surface area contributed by atoms with Gasteiger partial charge in [-0.25, -0.2) is 0 Å². The number of hydrogen-bond donors (Lipinski definition) is 4. The first kappa shape index (κ1) is 16.2. The molecule has 0 aliphatic carbocycles. The van der Waals surface area contributed by atoms with Crippen LogP contribution in [0, 0.1) is 0 Å². The highest BCUT2D eigenvalue weighted by molar-refractivity contribution is 4.88. The Balaban J connectivity index is 0. The molecule has 0 saturated heterocycles. The summed E-state index contributed by atoms with van der Waals surface area (Å²) >= 11 is 0. The molecule has 0 bridgehead atoms. The molecule has 0 spiro atoms. The Kier molecular flexibility index (Phi) is 7.67. The van der Waals surface area contributed by atoms with E-state index < -0.39 is 11.9 Å². The fourth-order valence-electron chi connectivity index (χ4n) is 0.304. The van der Waals surface area contributed by atoms with Gasteiger partial charge in [-0.1, -0.05) is 38.5 Å². The van der Waals surface area contributed by atoms with Gasteiger partial charge in [0.1, 0.15) is 0 Å². The summed E-state index contributed by atoms with van der Waals surface area (Å²) in [5.74, 6) is -5.56. The van der Waals surface area contributed by atoms with Gasteiger partial charge in [0.2, 0.25) is 0 Å². The van der Waals surface area contributed by atoms with Gasteiger partial charge in [0.25, 0.3) is 0 Å². The lowest BCUT2D eigenvalue weighted by atomic mass is 10.5. The van der Waals surface area contributed by atoms with Crippen molar-refractivity contribution < 1.29 is 25.2 Å². The van der Waals surface area contributed by atoms with Crippen LogP contribution in [0.4, 0.5) is 0 Å². The molecule has 5 heteroatoms. The predicted octanol–water partition coefficient (Wildman–Crippen LogP) is 0.0102. The maximum atomic E-state index is 8.64. The molecular formula is C10H16O5. The summed E-state index contributed by atoms with van der Waals surface area (Å²) in [5.41, 5.74) is 0. The molecule has 0 aliphatic heterocycles. The first-order valence-electron chi connectivity index (χ1n) is 3.85. The third-order valence-corrected chi connectivity index (χ3v) is 0.999. The van der Waals surface area contributed by atoms with E-state index in [1.165, 1.54) is 0 Å². The second-order valence-corrected chi connectivity index (χ2v) is 2.30. The average molecular weight is 216 g/mol. The minimum absolute atomic E-state index is 0.581. The van der Waals surface area contributed by atoms with Crippen LogP contribution >= 0.6 is 0 Å². The Morgan fingerprint density at radius 2 is 1.00 bits per heavy atom. The van der Waals surface area contributed by atoms with Crippen LogP contribution < -0.4 is 0 Å². The number of ether oxygens (including phenoxy) is 1. The molecule has 4 N–H and O–H groups in total. The summed E-state index contributed by atoms with van der Waals surface area (Å²) in [5, 5.41) is 34.5. The molecule has 0 radical (unpaired) electrons. The van der Waals surface area contributed by atoms with E-state index in [0.717, 1.165) is 0 Å². The van der Waals surface area contributed by atoms with Gasteiger partial charge in [-0.05, 0) is 12.2 Å². The molecule has 0 aromatic rings. The zero-order valence-electron chi connectivity index (χ0n) is 8.33. The van der Waals surface area contributed by atoms with Gasteiger partial charge in [-0.2, -0.15) is 0 Å². The second-order valence-electron chi connectivity index (χ2n) is 2.30. The van der Waals surface area contributed by atoms with E-state index in [-0.39, 0.29) is 0 Å². The van der Waals surface area contributed by atoms with Gasteiger partial charge < -0.3 is 20.4 Å². The van der Waals surface area contributed by atoms with Crippen LogP contribution in [-0.2, 0) is 4.74 Å². The van der Waals surface area contributed by atoms with Gasteiger partial charge in [-0.3, -0.25) is 4.74 Å². The number of rotatable bonds is 5. The third-order valence-electron chi connectivity index (χ3n) is 0.999. The van der Waals surface area contributed by atoms with Gasteiger partial charge in [0, 0.05) is 0 Å². The van der Waals surface area contributed by atoms with Crippen molar-refractivity contribution in [3.63, 3.8) is 0 Å². The summed E-state index contributed by atoms with van der Waals surface area (Å²) in [6, 6.07) is 0. The summed E-state index contributed by atoms with van der Waals surface area (Å²) in [6.45, 7) is 12.7. The third kappa shape index (κ3) is 10.7. The standard InChI is InChI=1S/C6H10O5.C4H6/c1-3-5(7,8)11-6(9,10)4-2;1-3-4-2/h3-4,7-10H,1-2H2;3-4H,1-2H2. The molecule has 5 nitrogen and oxygen atoms in total. The Bertz CT molecular complexity index is 206. The molecule has 0 aromatic heterocycles. The van der Waals surface area contributed by atoms with Gasteiger partial charge in [0.15, 0.2) is 0 Å². The van der Waals surface area contributed by atoms with Crippen LogP contribution in [-0.4, -0.2) is 32.4 Å². The van der Waals surface area contributed by atoms with Crippen LogP contribution in [0.5, 0.6) is 0 Å². The SMILES string of the molecule is C=CC(O)(O)OC(O)(O)C=C.C=CC=C. The Morgan fingerprint density at radius 3 is 1.13 bits per heavy atom. The van der Waals surface area contributed by atoms with Crippen molar-refractivity contribution in [3.05, 3.63) is 50.6 Å². The molecule has 0 aliphatic rings. The molecule has 86 valence electrons. The van der Waals surface area contributed by atoms with Crippen molar-refractivity contribution in [3.8, 4) is 0 Å². The highest BCUT2D eigenvalue weighted by Gasteiger charge is 2.32. The molecule has 0 amide bonds. The molecular weight excluding hydrogens is 200 g/mol. The lowest BCUT2D eigenvalue weighted by Gasteiger charge is -2.25. The van der Waals surface area contributed by atoms with Crippen LogP contribution in [0.1, 0.15) is 0 Å². The monoisotopic (exact) mass is 216 g/mol. The Labute approximate surface area is 88.6 Å². The van der Waals surface area contributed by atoms with E-state index in [4.69, 9.17) is 20.4 Å². The largest absolute Gasteiger partial charge is 0.340 e. The highest BCUT2D eigenvalue weighted by Crippen LogP contribution is 2.13. The maximum Gasteiger partial charge on any atom is 0.303 e. The summed E-state index contributed by atoms with van der Waals surface area (Å²) in [7, 11) is 0. The molecule has 0 atom stereocenters. The van der Waals surface area contributed by atoms with Crippen molar-refractivity contribution >= 4 is 0 Å². The number of allylic oxidation sites excluding steroid dienone is 2. The fraction of sp³-hybridized carbons (Fsp3) is 0.200. The van der Waals surface area contributed by atoms with E-state index >= 15 is 0 Å². The summed E-state index contributed by atoms with van der Waals surface area (Å²) < 4.78 is 3.91. The normalized spacial score (nSPS) is 10.7. The fourth-order valence-corrected chi connectivity index (χ4v) is 0.304. The Hall–Kier alpha value is -1.24. The molecule has 0 heterocycles. The quantitative estimate of drug-likeness (QED) is 0.295. The first-order valence-corrected chi connectivity index (χ1v) is 3.85. The van der Waals surface area contributed by atoms with Crippen molar-refractivity contribution in [2.75, 3.05) is 0 Å². The van der Waals surface area contributed by atoms with E-state index in [0.29, 0.717) is 12.2 Å². The van der Waals surface area contributed by atoms with Gasteiger partial charge in [-0.15, -0.1) is 0 Å². The lowest BCUT2D eigenvalue weighted by Crippen LogP contribution is -2.42. The molecule has 15 heavy (non-hydrogen) atoms. The molecule has 0 unspecified atom stereocenters. The first-order chi connectivity index (χ1) is 6.74. The predicted molar refractivity (Wildman–Crippen MR) is 56.2 cm³/mol. The minimum atomic E-state index is -2.78. The van der Waals surface area contributed by atoms with Crippen LogP contribution in [0.2, 0.25) is 0 Å². The Morgan fingerprint density at radius 1 is 0.733 bits per heavy atom. The van der Waals surface area contributed by atoms with Crippen LogP contribution in [0.3, 0.4) is 0 Å². The van der Waals surface area contributed by atoms with Crippen molar-refractivity contribution in [1.29, 1.82) is 0 Å². The number of hydrogen-bond acceptors (Lipinski definition) is 5. The topological polar surface area (TPSA) is 90.2 Å². The molecule has 0 rings (SSSR count). The van der Waals surface area contributed by atoms with E-state index in [9.17, 15) is 0 Å². The van der Waals surface area contributed by atoms with Crippen molar-refractivity contribution in [1.82, 2.24) is 0 Å². The summed E-state index contributed by atoms with van der Waals surface area (Å²) in [4.78, 5) is 0. The van der Waals surface area contributed by atoms with E-state index in [1.807, 2.05) is 0 Å². The minimum Gasteiger partial charge on any atom is -0.340 e. The van der Waals surface area contributed by atoms with Crippen LogP contribution in [0.25, 0.3) is 0 Å². The summed E-state index contributed by atoms with van der Waals surface area (Å²) in [6.07, 6.45) is 4.44.